The van der Waals surface area contributed by atoms with Gasteiger partial charge in [-0.05, 0) is 87.7 Å². The summed E-state index contributed by atoms with van der Waals surface area (Å²) >= 11 is 0. The van der Waals surface area contributed by atoms with E-state index in [0.717, 1.165) is 42.8 Å². The first-order valence-corrected chi connectivity index (χ1v) is 12.0. The number of nitrogens with zero attached hydrogens (tertiary/aromatic N) is 2. The molecule has 4 rings (SSSR count). The summed E-state index contributed by atoms with van der Waals surface area (Å²) in [6.45, 7) is 3.71. The lowest BCUT2D eigenvalue weighted by Crippen LogP contribution is -2.51. The number of nitrogens with two attached hydrogens (primary N) is 1. The molecule has 0 unspecified atom stereocenters. The van der Waals surface area contributed by atoms with Crippen molar-refractivity contribution in [3.05, 3.63) is 36.0 Å². The number of hydrogen-bond acceptors (Lipinski definition) is 4. The molecule has 1 aromatic carbocycles. The van der Waals surface area contributed by atoms with Crippen LogP contribution in [0.3, 0.4) is 0 Å². The molecule has 3 heterocycles. The topological polar surface area (TPSA) is 112 Å². The Morgan fingerprint density at radius 3 is 2.35 bits per heavy atom. The average Bonchev–Trinajstić information content (AvgIpc) is 3.29. The van der Waals surface area contributed by atoms with E-state index < -0.39 is 11.9 Å². The minimum absolute atomic E-state index is 0. The van der Waals surface area contributed by atoms with Gasteiger partial charge in [0.15, 0.2) is 0 Å². The number of carbonyl (C=O) groups is 3. The summed E-state index contributed by atoms with van der Waals surface area (Å²) in [6.07, 6.45) is 6.55. The molecular weight excluding hydrogens is 454 g/mol. The second-order valence-corrected chi connectivity index (χ2v) is 9.61. The molecule has 0 spiro atoms. The van der Waals surface area contributed by atoms with Crippen molar-refractivity contribution in [1.82, 2.24) is 20.1 Å². The molecule has 186 valence electrons. The Morgan fingerprint density at radius 2 is 1.71 bits per heavy atom. The normalized spacial score (nSPS) is 18.9. The predicted molar refractivity (Wildman–Crippen MR) is 135 cm³/mol. The first-order valence-electron chi connectivity index (χ1n) is 12.0. The smallest absolute Gasteiger partial charge is 0.252 e. The van der Waals surface area contributed by atoms with Crippen molar-refractivity contribution in [2.45, 2.75) is 44.6 Å². The third-order valence-electron chi connectivity index (χ3n) is 7.38. The van der Waals surface area contributed by atoms with Crippen molar-refractivity contribution in [1.29, 1.82) is 0 Å². The van der Waals surface area contributed by atoms with Gasteiger partial charge >= 0.3 is 0 Å². The van der Waals surface area contributed by atoms with Crippen LogP contribution in [0.25, 0.3) is 10.9 Å². The zero-order chi connectivity index (χ0) is 23.4. The molecule has 0 radical (unpaired) electrons. The lowest BCUT2D eigenvalue weighted by molar-refractivity contribution is -0.135. The lowest BCUT2D eigenvalue weighted by atomic mass is 9.79. The van der Waals surface area contributed by atoms with Crippen molar-refractivity contribution in [3.63, 3.8) is 0 Å². The number of piperidine rings is 2. The molecule has 2 aromatic rings. The second-order valence-electron chi connectivity index (χ2n) is 9.61. The molecule has 3 amide bonds. The highest BCUT2D eigenvalue weighted by Gasteiger charge is 2.33. The number of benzene rings is 1. The van der Waals surface area contributed by atoms with Gasteiger partial charge in [-0.1, -0.05) is 6.07 Å². The zero-order valence-corrected chi connectivity index (χ0v) is 20.6. The fourth-order valence-electron chi connectivity index (χ4n) is 5.29. The molecule has 2 fully saturated rings. The Bertz CT molecular complexity index is 993. The molecule has 0 aliphatic carbocycles. The van der Waals surface area contributed by atoms with E-state index in [0.29, 0.717) is 24.6 Å². The number of aromatic amines is 1. The number of halogens is 1. The Hall–Kier alpha value is -2.58. The molecule has 8 nitrogen and oxygen atoms in total. The van der Waals surface area contributed by atoms with Crippen LogP contribution in [0.15, 0.2) is 30.5 Å². The summed E-state index contributed by atoms with van der Waals surface area (Å²) in [5.41, 5.74) is 6.67. The number of likely N-dealkylation sites (tertiary alicyclic amines) is 2. The Morgan fingerprint density at radius 1 is 1.06 bits per heavy atom. The highest BCUT2D eigenvalue weighted by molar-refractivity contribution is 6.00. The van der Waals surface area contributed by atoms with Gasteiger partial charge < -0.3 is 25.8 Å². The van der Waals surface area contributed by atoms with Gasteiger partial charge in [-0.25, -0.2) is 0 Å². The van der Waals surface area contributed by atoms with Crippen molar-refractivity contribution >= 4 is 41.0 Å². The van der Waals surface area contributed by atoms with Gasteiger partial charge in [0.05, 0.1) is 0 Å². The van der Waals surface area contributed by atoms with Crippen LogP contribution in [0.5, 0.6) is 0 Å². The van der Waals surface area contributed by atoms with Crippen molar-refractivity contribution in [2.75, 3.05) is 33.2 Å². The minimum Gasteiger partial charge on any atom is -0.370 e. The molecule has 0 saturated carbocycles. The van der Waals surface area contributed by atoms with Gasteiger partial charge in [0.2, 0.25) is 11.8 Å². The maximum atomic E-state index is 13.3. The number of nitrogens with one attached hydrogen (secondary N) is 2. The van der Waals surface area contributed by atoms with Gasteiger partial charge in [-0.15, -0.1) is 12.4 Å². The first-order chi connectivity index (χ1) is 15.9. The Balaban J connectivity index is 0.00000324. The standard InChI is InChI=1S/C25H35N5O3.ClH/c1-29-12-7-17(8-13-29)18-9-14-30(15-10-18)25(33)21(4-5-23(26)31)28-24(32)20-3-2-19-6-11-27-22(19)16-20;/h2-3,6,11,16-18,21,27H,4-5,7-10,12-15H2,1H3,(H2,26,31)(H,28,32);1H/t21-;/m1./s1. The number of H-pyrrole nitrogens is 1. The van der Waals surface area contributed by atoms with Crippen LogP contribution in [0, 0.1) is 11.8 Å². The summed E-state index contributed by atoms with van der Waals surface area (Å²) in [5.74, 6) is 0.486. The summed E-state index contributed by atoms with van der Waals surface area (Å²) in [7, 11) is 2.17. The van der Waals surface area contributed by atoms with E-state index in [1.807, 2.05) is 23.2 Å². The van der Waals surface area contributed by atoms with Crippen LogP contribution < -0.4 is 11.1 Å². The summed E-state index contributed by atoms with van der Waals surface area (Å²) < 4.78 is 0. The minimum atomic E-state index is -0.760. The van der Waals surface area contributed by atoms with Crippen LogP contribution >= 0.6 is 12.4 Å². The van der Waals surface area contributed by atoms with Crippen molar-refractivity contribution in [2.24, 2.45) is 17.6 Å². The second kappa shape index (κ2) is 11.7. The highest BCUT2D eigenvalue weighted by Crippen LogP contribution is 2.32. The summed E-state index contributed by atoms with van der Waals surface area (Å²) in [5, 5.41) is 3.88. The van der Waals surface area contributed by atoms with Crippen LogP contribution in [-0.4, -0.2) is 71.8 Å². The number of rotatable bonds is 7. The molecule has 1 aromatic heterocycles. The molecule has 2 saturated heterocycles. The van der Waals surface area contributed by atoms with Crippen molar-refractivity contribution < 1.29 is 14.4 Å². The molecule has 0 bridgehead atoms. The maximum absolute atomic E-state index is 13.3. The molecule has 4 N–H and O–H groups in total. The van der Waals surface area contributed by atoms with E-state index in [1.54, 1.807) is 12.1 Å². The zero-order valence-electron chi connectivity index (χ0n) is 19.8. The summed E-state index contributed by atoms with van der Waals surface area (Å²) in [4.78, 5) is 45.0. The number of fused-ring (bicyclic) bond motifs is 1. The molecule has 2 aliphatic heterocycles. The van der Waals surface area contributed by atoms with E-state index in [4.69, 9.17) is 5.73 Å². The maximum Gasteiger partial charge on any atom is 0.252 e. The Labute approximate surface area is 207 Å². The summed E-state index contributed by atoms with van der Waals surface area (Å²) in [6, 6.07) is 6.56. The number of amides is 3. The molecular formula is C25H36ClN5O3. The fraction of sp³-hybridized carbons (Fsp3) is 0.560. The van der Waals surface area contributed by atoms with E-state index in [2.05, 4.69) is 22.2 Å². The van der Waals surface area contributed by atoms with Gasteiger partial charge in [0.25, 0.3) is 5.91 Å². The van der Waals surface area contributed by atoms with Crippen LogP contribution in [0.4, 0.5) is 0 Å². The van der Waals surface area contributed by atoms with Gasteiger partial charge in [-0.2, -0.15) is 0 Å². The van der Waals surface area contributed by atoms with Gasteiger partial charge in [0.1, 0.15) is 6.04 Å². The number of carbonyl (C=O) groups excluding carboxylic acids is 3. The van der Waals surface area contributed by atoms with Gasteiger partial charge in [-0.3, -0.25) is 14.4 Å². The van der Waals surface area contributed by atoms with E-state index in [-0.39, 0.29) is 37.1 Å². The quantitative estimate of drug-likeness (QED) is 0.554. The average molecular weight is 490 g/mol. The highest BCUT2D eigenvalue weighted by atomic mass is 35.5. The molecule has 2 aliphatic rings. The van der Waals surface area contributed by atoms with Crippen LogP contribution in [0.2, 0.25) is 0 Å². The molecule has 34 heavy (non-hydrogen) atoms. The lowest BCUT2D eigenvalue weighted by Gasteiger charge is -2.40. The van der Waals surface area contributed by atoms with E-state index in [9.17, 15) is 14.4 Å². The van der Waals surface area contributed by atoms with Crippen LogP contribution in [-0.2, 0) is 9.59 Å². The molecule has 9 heteroatoms. The number of hydrogen-bond donors (Lipinski definition) is 3. The van der Waals surface area contributed by atoms with E-state index in [1.165, 1.54) is 12.8 Å². The SMILES string of the molecule is CN1CCC(C2CCN(C(=O)[C@@H](CCC(N)=O)NC(=O)c3ccc4cc[nH]c4c3)CC2)CC1.Cl. The monoisotopic (exact) mass is 489 g/mol. The molecule has 1 atom stereocenters. The third-order valence-corrected chi connectivity index (χ3v) is 7.38. The van der Waals surface area contributed by atoms with E-state index >= 15 is 0 Å². The fourth-order valence-corrected chi connectivity index (χ4v) is 5.29. The first kappa shape index (κ1) is 26.0. The largest absolute Gasteiger partial charge is 0.370 e. The predicted octanol–water partition coefficient (Wildman–Crippen LogP) is 2.53. The third kappa shape index (κ3) is 6.30. The number of primary amides is 1. The van der Waals surface area contributed by atoms with Gasteiger partial charge in [0, 0.05) is 36.8 Å². The Kier molecular flexibility index (Phi) is 8.97. The van der Waals surface area contributed by atoms with Crippen molar-refractivity contribution in [3.8, 4) is 0 Å². The number of aromatic nitrogens is 1. The van der Waals surface area contributed by atoms with Crippen LogP contribution in [0.1, 0.15) is 48.9 Å².